The number of rotatable bonds is 9. The fourth-order valence-electron chi connectivity index (χ4n) is 1.80. The first-order chi connectivity index (χ1) is 9.72. The van der Waals surface area contributed by atoms with Crippen LogP contribution in [-0.2, 0) is 9.53 Å². The number of esters is 1. The van der Waals surface area contributed by atoms with Crippen LogP contribution in [0.4, 0.5) is 10.1 Å². The summed E-state index contributed by atoms with van der Waals surface area (Å²) in [7, 11) is 1.42. The van der Waals surface area contributed by atoms with E-state index in [1.165, 1.54) is 19.2 Å². The van der Waals surface area contributed by atoms with Crippen molar-refractivity contribution in [3.8, 4) is 0 Å². The Labute approximate surface area is 119 Å². The van der Waals surface area contributed by atoms with Gasteiger partial charge in [-0.2, -0.15) is 0 Å². The summed E-state index contributed by atoms with van der Waals surface area (Å²) in [6, 6.07) is 6.37. The molecule has 1 rings (SSSR count). The smallest absolute Gasteiger partial charge is 0.305 e. The number of ether oxygens (including phenoxy) is 1. The van der Waals surface area contributed by atoms with E-state index in [2.05, 4.69) is 10.1 Å². The SMILES string of the molecule is COC(=O)CCCCCCC=CNc1cccc(F)c1. The van der Waals surface area contributed by atoms with E-state index in [9.17, 15) is 9.18 Å². The third-order valence-corrected chi connectivity index (χ3v) is 2.92. The number of nitrogens with one attached hydrogen (secondary N) is 1. The maximum atomic E-state index is 12.9. The first-order valence-corrected chi connectivity index (χ1v) is 6.96. The summed E-state index contributed by atoms with van der Waals surface area (Å²) in [5.41, 5.74) is 0.749. The lowest BCUT2D eigenvalue weighted by Crippen LogP contribution is -1.98. The molecule has 0 fully saturated rings. The van der Waals surface area contributed by atoms with Gasteiger partial charge in [0.1, 0.15) is 5.82 Å². The molecule has 1 aromatic carbocycles. The quantitative estimate of drug-likeness (QED) is 0.542. The molecule has 4 heteroatoms. The predicted octanol–water partition coefficient (Wildman–Crippen LogP) is 4.26. The van der Waals surface area contributed by atoms with Crippen molar-refractivity contribution >= 4 is 11.7 Å². The van der Waals surface area contributed by atoms with Crippen molar-refractivity contribution in [2.75, 3.05) is 12.4 Å². The minimum absolute atomic E-state index is 0.135. The highest BCUT2D eigenvalue weighted by Crippen LogP contribution is 2.10. The van der Waals surface area contributed by atoms with Gasteiger partial charge in [-0.1, -0.05) is 25.0 Å². The minimum atomic E-state index is -0.242. The van der Waals surface area contributed by atoms with E-state index in [0.29, 0.717) is 6.42 Å². The predicted molar refractivity (Wildman–Crippen MR) is 78.9 cm³/mol. The summed E-state index contributed by atoms with van der Waals surface area (Å²) in [6.45, 7) is 0. The van der Waals surface area contributed by atoms with Crippen molar-refractivity contribution in [3.63, 3.8) is 0 Å². The Morgan fingerprint density at radius 2 is 2.10 bits per heavy atom. The van der Waals surface area contributed by atoms with Gasteiger partial charge in [-0.25, -0.2) is 4.39 Å². The molecule has 110 valence electrons. The number of benzene rings is 1. The van der Waals surface area contributed by atoms with Gasteiger partial charge in [-0.3, -0.25) is 4.79 Å². The highest BCUT2D eigenvalue weighted by molar-refractivity contribution is 5.68. The zero-order valence-electron chi connectivity index (χ0n) is 11.9. The number of methoxy groups -OCH3 is 1. The van der Waals surface area contributed by atoms with Crippen LogP contribution in [-0.4, -0.2) is 13.1 Å². The second-order valence-corrected chi connectivity index (χ2v) is 4.59. The van der Waals surface area contributed by atoms with Gasteiger partial charge < -0.3 is 10.1 Å². The molecule has 0 unspecified atom stereocenters. The lowest BCUT2D eigenvalue weighted by molar-refractivity contribution is -0.140. The van der Waals surface area contributed by atoms with Gasteiger partial charge in [0.2, 0.25) is 0 Å². The molecule has 0 aliphatic rings. The van der Waals surface area contributed by atoms with Crippen LogP contribution < -0.4 is 5.32 Å². The van der Waals surface area contributed by atoms with Crippen LogP contribution in [0.5, 0.6) is 0 Å². The number of hydrogen-bond acceptors (Lipinski definition) is 3. The number of unbranched alkanes of at least 4 members (excludes halogenated alkanes) is 4. The molecule has 0 saturated carbocycles. The van der Waals surface area contributed by atoms with Crippen LogP contribution in [0.15, 0.2) is 36.5 Å². The summed E-state index contributed by atoms with van der Waals surface area (Å²) in [4.78, 5) is 10.9. The minimum Gasteiger partial charge on any atom is -0.469 e. The van der Waals surface area contributed by atoms with Crippen molar-refractivity contribution in [3.05, 3.63) is 42.4 Å². The highest BCUT2D eigenvalue weighted by Gasteiger charge is 1.98. The lowest BCUT2D eigenvalue weighted by atomic mass is 10.1. The van der Waals surface area contributed by atoms with Crippen molar-refractivity contribution < 1.29 is 13.9 Å². The molecule has 3 nitrogen and oxygen atoms in total. The van der Waals surface area contributed by atoms with Gasteiger partial charge in [-0.05, 0) is 43.7 Å². The Morgan fingerprint density at radius 1 is 1.30 bits per heavy atom. The number of hydrogen-bond donors (Lipinski definition) is 1. The van der Waals surface area contributed by atoms with Gasteiger partial charge in [-0.15, -0.1) is 0 Å². The third kappa shape index (κ3) is 7.56. The van der Waals surface area contributed by atoms with Crippen molar-refractivity contribution in [2.45, 2.75) is 38.5 Å². The first kappa shape index (κ1) is 16.2. The normalized spacial score (nSPS) is 10.7. The molecule has 0 bridgehead atoms. The van der Waals surface area contributed by atoms with Gasteiger partial charge in [0, 0.05) is 12.1 Å². The topological polar surface area (TPSA) is 38.3 Å². The molecule has 0 atom stereocenters. The van der Waals surface area contributed by atoms with Crippen LogP contribution in [0, 0.1) is 5.82 Å². The van der Waals surface area contributed by atoms with Gasteiger partial charge >= 0.3 is 5.97 Å². The number of anilines is 1. The second-order valence-electron chi connectivity index (χ2n) is 4.59. The van der Waals surface area contributed by atoms with Crippen LogP contribution in [0.1, 0.15) is 38.5 Å². The highest BCUT2D eigenvalue weighted by atomic mass is 19.1. The number of carbonyl (C=O) groups excluding carboxylic acids is 1. The van der Waals surface area contributed by atoms with E-state index in [-0.39, 0.29) is 11.8 Å². The standard InChI is InChI=1S/C16H22FNO2/c1-20-16(19)11-6-4-2-3-5-7-12-18-15-10-8-9-14(17)13-15/h7-10,12-13,18H,2-6,11H2,1H3. The molecule has 0 aliphatic carbocycles. The largest absolute Gasteiger partial charge is 0.469 e. The van der Waals surface area contributed by atoms with Crippen molar-refractivity contribution in [2.24, 2.45) is 0 Å². The molecular weight excluding hydrogens is 257 g/mol. The van der Waals surface area contributed by atoms with Crippen LogP contribution >= 0.6 is 0 Å². The van der Waals surface area contributed by atoms with Gasteiger partial charge in [0.05, 0.1) is 7.11 Å². The zero-order valence-corrected chi connectivity index (χ0v) is 11.9. The Kier molecular flexibility index (Phi) is 8.11. The molecule has 1 N–H and O–H groups in total. The Morgan fingerprint density at radius 3 is 2.85 bits per heavy atom. The Hall–Kier alpha value is -1.84. The zero-order chi connectivity index (χ0) is 14.6. The summed E-state index contributed by atoms with van der Waals surface area (Å²) < 4.78 is 17.5. The number of halogens is 1. The second kappa shape index (κ2) is 10.0. The summed E-state index contributed by atoms with van der Waals surface area (Å²) >= 11 is 0. The van der Waals surface area contributed by atoms with E-state index in [0.717, 1.165) is 37.8 Å². The number of allylic oxidation sites excluding steroid dienone is 1. The van der Waals surface area contributed by atoms with E-state index >= 15 is 0 Å². The average molecular weight is 279 g/mol. The van der Waals surface area contributed by atoms with Crippen LogP contribution in [0.2, 0.25) is 0 Å². The molecule has 0 radical (unpaired) electrons. The molecule has 0 spiro atoms. The fourth-order valence-corrected chi connectivity index (χ4v) is 1.80. The Balaban J connectivity index is 2.01. The summed E-state index contributed by atoms with van der Waals surface area (Å²) in [5, 5.41) is 3.03. The fraction of sp³-hybridized carbons (Fsp3) is 0.438. The molecule has 20 heavy (non-hydrogen) atoms. The molecule has 0 aromatic heterocycles. The van der Waals surface area contributed by atoms with E-state index in [1.807, 2.05) is 18.3 Å². The van der Waals surface area contributed by atoms with Gasteiger partial charge in [0.15, 0.2) is 0 Å². The molecule has 0 aliphatic heterocycles. The van der Waals surface area contributed by atoms with E-state index < -0.39 is 0 Å². The molecule has 0 saturated heterocycles. The Bertz CT molecular complexity index is 432. The summed E-state index contributed by atoms with van der Waals surface area (Å²) in [5.74, 6) is -0.377. The lowest BCUT2D eigenvalue weighted by Gasteiger charge is -2.01. The van der Waals surface area contributed by atoms with Crippen molar-refractivity contribution in [1.29, 1.82) is 0 Å². The molecular formula is C16H22FNO2. The van der Waals surface area contributed by atoms with E-state index in [1.54, 1.807) is 6.07 Å². The van der Waals surface area contributed by atoms with E-state index in [4.69, 9.17) is 0 Å². The maximum Gasteiger partial charge on any atom is 0.305 e. The average Bonchev–Trinajstić information content (AvgIpc) is 2.45. The molecule has 0 amide bonds. The summed E-state index contributed by atoms with van der Waals surface area (Å²) in [6.07, 6.45) is 9.46. The van der Waals surface area contributed by atoms with Gasteiger partial charge in [0.25, 0.3) is 0 Å². The van der Waals surface area contributed by atoms with Crippen LogP contribution in [0.3, 0.4) is 0 Å². The third-order valence-electron chi connectivity index (χ3n) is 2.92. The number of carbonyl (C=O) groups is 1. The first-order valence-electron chi connectivity index (χ1n) is 6.96. The van der Waals surface area contributed by atoms with Crippen LogP contribution in [0.25, 0.3) is 0 Å². The maximum absolute atomic E-state index is 12.9. The monoisotopic (exact) mass is 279 g/mol. The molecule has 1 aromatic rings. The van der Waals surface area contributed by atoms with Crippen molar-refractivity contribution in [1.82, 2.24) is 0 Å². The molecule has 0 heterocycles.